The van der Waals surface area contributed by atoms with Crippen molar-refractivity contribution in [3.63, 3.8) is 0 Å². The number of esters is 1. The van der Waals surface area contributed by atoms with Gasteiger partial charge in [0, 0.05) is 19.8 Å². The summed E-state index contributed by atoms with van der Waals surface area (Å²) in [6, 6.07) is 0. The van der Waals surface area contributed by atoms with Crippen LogP contribution in [0.1, 0.15) is 30.8 Å². The lowest BCUT2D eigenvalue weighted by atomic mass is 10.2. The molecule has 0 spiro atoms. The van der Waals surface area contributed by atoms with Crippen LogP contribution in [0.2, 0.25) is 0 Å². The summed E-state index contributed by atoms with van der Waals surface area (Å²) in [5.41, 5.74) is 0.202. The number of nitrogens with one attached hydrogen (secondary N) is 1. The largest absolute Gasteiger partial charge is 0.464 e. The highest BCUT2D eigenvalue weighted by Crippen LogP contribution is 2.02. The molecule has 0 saturated heterocycles. The molecule has 19 heavy (non-hydrogen) atoms. The van der Waals surface area contributed by atoms with Gasteiger partial charge in [-0.2, -0.15) is 0 Å². The Balaban J connectivity index is 2.21. The Bertz CT molecular complexity index is 379. The molecule has 0 atom stereocenters. The van der Waals surface area contributed by atoms with Gasteiger partial charge < -0.3 is 14.8 Å². The smallest absolute Gasteiger partial charge is 0.358 e. The van der Waals surface area contributed by atoms with Crippen LogP contribution in [0.25, 0.3) is 0 Å². The van der Waals surface area contributed by atoms with Crippen molar-refractivity contribution in [2.75, 3.05) is 32.2 Å². The van der Waals surface area contributed by atoms with Gasteiger partial charge in [-0.3, -0.25) is 0 Å². The predicted octanol–water partition coefficient (Wildman–Crippen LogP) is 1.74. The summed E-state index contributed by atoms with van der Waals surface area (Å²) < 4.78 is 10.0. The van der Waals surface area contributed by atoms with E-state index in [4.69, 9.17) is 4.74 Å². The van der Waals surface area contributed by atoms with Gasteiger partial charge in [-0.05, 0) is 12.3 Å². The number of carbonyl (C=O) groups excluding carboxylic acids is 1. The monoisotopic (exact) mass is 267 g/mol. The van der Waals surface area contributed by atoms with Gasteiger partial charge in [0.2, 0.25) is 0 Å². The van der Waals surface area contributed by atoms with Gasteiger partial charge in [0.15, 0.2) is 5.69 Å². The van der Waals surface area contributed by atoms with Crippen LogP contribution < -0.4 is 5.32 Å². The van der Waals surface area contributed by atoms with E-state index < -0.39 is 5.97 Å². The number of aromatic nitrogens is 2. The van der Waals surface area contributed by atoms with Crippen LogP contribution in [0.15, 0.2) is 12.4 Å². The minimum atomic E-state index is -0.485. The van der Waals surface area contributed by atoms with Crippen LogP contribution in [0.3, 0.4) is 0 Å². The van der Waals surface area contributed by atoms with E-state index >= 15 is 0 Å². The van der Waals surface area contributed by atoms with E-state index in [9.17, 15) is 4.79 Å². The molecule has 0 saturated carbocycles. The summed E-state index contributed by atoms with van der Waals surface area (Å²) in [7, 11) is 1.31. The molecule has 0 bridgehead atoms. The van der Waals surface area contributed by atoms with E-state index in [0.29, 0.717) is 11.7 Å². The average molecular weight is 267 g/mol. The Morgan fingerprint density at radius 3 is 2.74 bits per heavy atom. The van der Waals surface area contributed by atoms with E-state index in [1.165, 1.54) is 19.5 Å². The first kappa shape index (κ1) is 15.4. The minimum absolute atomic E-state index is 0.202. The predicted molar refractivity (Wildman–Crippen MR) is 72.1 cm³/mol. The summed E-state index contributed by atoms with van der Waals surface area (Å²) in [4.78, 5) is 19.2. The summed E-state index contributed by atoms with van der Waals surface area (Å²) >= 11 is 0. The molecule has 6 heteroatoms. The zero-order valence-electron chi connectivity index (χ0n) is 11.7. The molecule has 1 heterocycles. The molecule has 106 valence electrons. The Morgan fingerprint density at radius 1 is 1.37 bits per heavy atom. The van der Waals surface area contributed by atoms with Crippen molar-refractivity contribution >= 4 is 11.8 Å². The van der Waals surface area contributed by atoms with E-state index in [1.807, 2.05) is 0 Å². The second kappa shape index (κ2) is 8.42. The molecule has 0 aliphatic carbocycles. The second-order valence-corrected chi connectivity index (χ2v) is 4.53. The third kappa shape index (κ3) is 6.15. The molecule has 0 unspecified atom stereocenters. The molecule has 1 aromatic heterocycles. The number of methoxy groups -OCH3 is 1. The topological polar surface area (TPSA) is 73.3 Å². The average Bonchev–Trinajstić information content (AvgIpc) is 2.42. The lowest BCUT2D eigenvalue weighted by molar-refractivity contribution is 0.0593. The fourth-order valence-corrected chi connectivity index (χ4v) is 1.34. The van der Waals surface area contributed by atoms with E-state index in [1.54, 1.807) is 0 Å². The summed E-state index contributed by atoms with van der Waals surface area (Å²) in [5, 5.41) is 3.11. The van der Waals surface area contributed by atoms with Gasteiger partial charge in [-0.15, -0.1) is 0 Å². The van der Waals surface area contributed by atoms with Crippen molar-refractivity contribution in [3.05, 3.63) is 18.1 Å². The Kier molecular flexibility index (Phi) is 6.81. The van der Waals surface area contributed by atoms with Crippen LogP contribution in [0.5, 0.6) is 0 Å². The van der Waals surface area contributed by atoms with E-state index in [-0.39, 0.29) is 5.69 Å². The standard InChI is InChI=1S/C13H21N3O3/c1-10(2)9-19-6-4-5-14-12-8-15-11(7-16-12)13(17)18-3/h7-8,10H,4-6,9H2,1-3H3,(H,14,16). The molecule has 1 rings (SSSR count). The molecule has 1 N–H and O–H groups in total. The SMILES string of the molecule is COC(=O)c1cnc(NCCCOCC(C)C)cn1. The maximum Gasteiger partial charge on any atom is 0.358 e. The lowest BCUT2D eigenvalue weighted by Gasteiger charge is -2.08. The number of anilines is 1. The van der Waals surface area contributed by atoms with Gasteiger partial charge in [0.1, 0.15) is 5.82 Å². The molecule has 0 amide bonds. The fraction of sp³-hybridized carbons (Fsp3) is 0.615. The number of nitrogens with zero attached hydrogens (tertiary/aromatic N) is 2. The molecule has 6 nitrogen and oxygen atoms in total. The van der Waals surface area contributed by atoms with Crippen LogP contribution in [0, 0.1) is 5.92 Å². The lowest BCUT2D eigenvalue weighted by Crippen LogP contribution is -2.10. The maximum absolute atomic E-state index is 11.2. The summed E-state index contributed by atoms with van der Waals surface area (Å²) in [5.74, 6) is 0.710. The molecule has 0 aromatic carbocycles. The number of ether oxygens (including phenoxy) is 2. The minimum Gasteiger partial charge on any atom is -0.464 e. The highest BCUT2D eigenvalue weighted by molar-refractivity contribution is 5.86. The quantitative estimate of drug-likeness (QED) is 0.571. The number of carbonyl (C=O) groups is 1. The van der Waals surface area contributed by atoms with Gasteiger partial charge >= 0.3 is 5.97 Å². The van der Waals surface area contributed by atoms with Crippen molar-refractivity contribution < 1.29 is 14.3 Å². The molecule has 0 aliphatic rings. The van der Waals surface area contributed by atoms with Gasteiger partial charge in [0.25, 0.3) is 0 Å². The molecule has 0 fully saturated rings. The van der Waals surface area contributed by atoms with Gasteiger partial charge in [0.05, 0.1) is 19.5 Å². The van der Waals surface area contributed by atoms with Crippen molar-refractivity contribution in [2.45, 2.75) is 20.3 Å². The first-order valence-corrected chi connectivity index (χ1v) is 6.35. The third-order valence-electron chi connectivity index (χ3n) is 2.27. The first-order chi connectivity index (χ1) is 9.13. The fourth-order valence-electron chi connectivity index (χ4n) is 1.34. The van der Waals surface area contributed by atoms with Crippen LogP contribution in [-0.2, 0) is 9.47 Å². The van der Waals surface area contributed by atoms with Crippen LogP contribution in [-0.4, -0.2) is 42.8 Å². The number of hydrogen-bond donors (Lipinski definition) is 1. The Labute approximate surface area is 113 Å². The van der Waals surface area contributed by atoms with Crippen LogP contribution in [0.4, 0.5) is 5.82 Å². The molecule has 0 radical (unpaired) electrons. The third-order valence-corrected chi connectivity index (χ3v) is 2.27. The first-order valence-electron chi connectivity index (χ1n) is 6.35. The highest BCUT2D eigenvalue weighted by Gasteiger charge is 2.06. The molecule has 1 aromatic rings. The maximum atomic E-state index is 11.2. The normalized spacial score (nSPS) is 10.5. The number of rotatable bonds is 8. The zero-order valence-corrected chi connectivity index (χ0v) is 11.7. The van der Waals surface area contributed by atoms with E-state index in [2.05, 4.69) is 33.9 Å². The summed E-state index contributed by atoms with van der Waals surface area (Å²) in [6.45, 7) is 6.50. The zero-order chi connectivity index (χ0) is 14.1. The van der Waals surface area contributed by atoms with Crippen molar-refractivity contribution in [1.29, 1.82) is 0 Å². The molecular weight excluding hydrogens is 246 g/mol. The van der Waals surface area contributed by atoms with Crippen molar-refractivity contribution in [3.8, 4) is 0 Å². The second-order valence-electron chi connectivity index (χ2n) is 4.53. The van der Waals surface area contributed by atoms with E-state index in [0.717, 1.165) is 26.2 Å². The summed E-state index contributed by atoms with van der Waals surface area (Å²) in [6.07, 6.45) is 3.80. The highest BCUT2D eigenvalue weighted by atomic mass is 16.5. The van der Waals surface area contributed by atoms with Gasteiger partial charge in [-0.1, -0.05) is 13.8 Å². The molecule has 0 aliphatic heterocycles. The van der Waals surface area contributed by atoms with Crippen LogP contribution >= 0.6 is 0 Å². The number of hydrogen-bond acceptors (Lipinski definition) is 6. The van der Waals surface area contributed by atoms with Gasteiger partial charge in [-0.25, -0.2) is 14.8 Å². The Morgan fingerprint density at radius 2 is 2.16 bits per heavy atom. The van der Waals surface area contributed by atoms with Crippen molar-refractivity contribution in [1.82, 2.24) is 9.97 Å². The van der Waals surface area contributed by atoms with Crippen molar-refractivity contribution in [2.24, 2.45) is 5.92 Å². The Hall–Kier alpha value is -1.69. The molecular formula is C13H21N3O3.